The van der Waals surface area contributed by atoms with Gasteiger partial charge in [0.25, 0.3) is 0 Å². The van der Waals surface area contributed by atoms with Crippen molar-refractivity contribution >= 4 is 15.9 Å². The van der Waals surface area contributed by atoms with Gasteiger partial charge in [-0.25, -0.2) is 4.39 Å². The maximum absolute atomic E-state index is 13.3. The van der Waals surface area contributed by atoms with Crippen LogP contribution in [0, 0.1) is 5.82 Å². The van der Waals surface area contributed by atoms with Crippen LogP contribution in [0.5, 0.6) is 0 Å². The van der Waals surface area contributed by atoms with E-state index in [1.165, 1.54) is 18.9 Å². The molecule has 0 N–H and O–H groups in total. The van der Waals surface area contributed by atoms with Crippen LogP contribution in [0.1, 0.15) is 31.7 Å². The molecule has 0 bridgehead atoms. The van der Waals surface area contributed by atoms with E-state index in [0.29, 0.717) is 18.8 Å². The zero-order valence-corrected chi connectivity index (χ0v) is 10.5. The summed E-state index contributed by atoms with van der Waals surface area (Å²) >= 11 is 3.22. The van der Waals surface area contributed by atoms with E-state index in [-0.39, 0.29) is 5.82 Å². The first kappa shape index (κ1) is 12.7. The van der Waals surface area contributed by atoms with Gasteiger partial charge in [-0.05, 0) is 18.6 Å². The fourth-order valence-corrected chi connectivity index (χ4v) is 1.61. The summed E-state index contributed by atoms with van der Waals surface area (Å²) in [5, 5.41) is 0. The van der Waals surface area contributed by atoms with Crippen LogP contribution in [0.2, 0.25) is 0 Å². The molecular weight excluding hydrogens is 259 g/mol. The number of hydrogen-bond acceptors (Lipinski definition) is 1. The topological polar surface area (TPSA) is 9.23 Å². The molecule has 0 amide bonds. The van der Waals surface area contributed by atoms with E-state index >= 15 is 0 Å². The zero-order chi connectivity index (χ0) is 11.1. The van der Waals surface area contributed by atoms with Crippen molar-refractivity contribution < 1.29 is 9.13 Å². The van der Waals surface area contributed by atoms with Gasteiger partial charge in [0, 0.05) is 16.6 Å². The molecule has 0 heterocycles. The third-order valence-corrected chi connectivity index (χ3v) is 2.66. The van der Waals surface area contributed by atoms with Crippen LogP contribution >= 0.6 is 15.9 Å². The molecular formula is C12H16BrFO. The van der Waals surface area contributed by atoms with Gasteiger partial charge in [0.1, 0.15) is 5.82 Å². The number of halogens is 2. The van der Waals surface area contributed by atoms with Crippen molar-refractivity contribution in [2.75, 3.05) is 6.61 Å². The lowest BCUT2D eigenvalue weighted by Crippen LogP contribution is -1.97. The summed E-state index contributed by atoms with van der Waals surface area (Å²) in [4.78, 5) is 0. The van der Waals surface area contributed by atoms with Gasteiger partial charge in [-0.1, -0.05) is 41.8 Å². The SMILES string of the molecule is CCCCCOCc1ccc(Br)cc1F. The van der Waals surface area contributed by atoms with E-state index in [1.807, 2.05) is 6.07 Å². The third-order valence-electron chi connectivity index (χ3n) is 2.16. The molecule has 3 heteroatoms. The van der Waals surface area contributed by atoms with E-state index in [0.717, 1.165) is 10.9 Å². The van der Waals surface area contributed by atoms with Crippen molar-refractivity contribution in [1.29, 1.82) is 0 Å². The predicted octanol–water partition coefficient (Wildman–Crippen LogP) is 4.30. The lowest BCUT2D eigenvalue weighted by Gasteiger charge is -2.05. The summed E-state index contributed by atoms with van der Waals surface area (Å²) in [6.07, 6.45) is 3.40. The second-order valence-electron chi connectivity index (χ2n) is 3.50. The van der Waals surface area contributed by atoms with Crippen LogP contribution in [0.15, 0.2) is 22.7 Å². The van der Waals surface area contributed by atoms with E-state index in [2.05, 4.69) is 22.9 Å². The Bertz CT molecular complexity index is 302. The highest BCUT2D eigenvalue weighted by atomic mass is 79.9. The van der Waals surface area contributed by atoms with Gasteiger partial charge in [-0.15, -0.1) is 0 Å². The quantitative estimate of drug-likeness (QED) is 0.703. The molecule has 1 rings (SSSR count). The van der Waals surface area contributed by atoms with Crippen molar-refractivity contribution in [3.05, 3.63) is 34.1 Å². The number of unbranched alkanes of at least 4 members (excludes halogenated alkanes) is 2. The predicted molar refractivity (Wildman–Crippen MR) is 63.3 cm³/mol. The van der Waals surface area contributed by atoms with Gasteiger partial charge in [0.15, 0.2) is 0 Å². The van der Waals surface area contributed by atoms with Crippen LogP contribution in [0.25, 0.3) is 0 Å². The lowest BCUT2D eigenvalue weighted by atomic mass is 10.2. The highest BCUT2D eigenvalue weighted by Gasteiger charge is 2.02. The zero-order valence-electron chi connectivity index (χ0n) is 8.93. The van der Waals surface area contributed by atoms with Crippen molar-refractivity contribution in [2.24, 2.45) is 0 Å². The van der Waals surface area contributed by atoms with Crippen LogP contribution < -0.4 is 0 Å². The standard InChI is InChI=1S/C12H16BrFO/c1-2-3-4-7-15-9-10-5-6-11(13)8-12(10)14/h5-6,8H,2-4,7,9H2,1H3. The maximum Gasteiger partial charge on any atom is 0.129 e. The number of benzene rings is 1. The molecule has 0 saturated carbocycles. The number of hydrogen-bond donors (Lipinski definition) is 0. The van der Waals surface area contributed by atoms with Gasteiger partial charge < -0.3 is 4.74 Å². The molecule has 15 heavy (non-hydrogen) atoms. The van der Waals surface area contributed by atoms with E-state index in [4.69, 9.17) is 4.74 Å². The monoisotopic (exact) mass is 274 g/mol. The summed E-state index contributed by atoms with van der Waals surface area (Å²) in [5.41, 5.74) is 0.620. The van der Waals surface area contributed by atoms with Gasteiger partial charge in [-0.2, -0.15) is 0 Å². The van der Waals surface area contributed by atoms with E-state index < -0.39 is 0 Å². The smallest absolute Gasteiger partial charge is 0.129 e. The minimum absolute atomic E-state index is 0.208. The van der Waals surface area contributed by atoms with Crippen molar-refractivity contribution in [3.63, 3.8) is 0 Å². The summed E-state index contributed by atoms with van der Waals surface area (Å²) in [6, 6.07) is 5.04. The molecule has 0 fully saturated rings. The Hall–Kier alpha value is -0.410. The molecule has 0 unspecified atom stereocenters. The first-order valence-corrected chi connectivity index (χ1v) is 6.05. The molecule has 0 aliphatic heterocycles. The van der Waals surface area contributed by atoms with E-state index in [9.17, 15) is 4.39 Å². The molecule has 1 aromatic carbocycles. The summed E-state index contributed by atoms with van der Waals surface area (Å²) in [7, 11) is 0. The van der Waals surface area contributed by atoms with Crippen molar-refractivity contribution in [1.82, 2.24) is 0 Å². The minimum Gasteiger partial charge on any atom is -0.377 e. The molecule has 1 nitrogen and oxygen atoms in total. The van der Waals surface area contributed by atoms with Crippen LogP contribution in [0.3, 0.4) is 0 Å². The van der Waals surface area contributed by atoms with Gasteiger partial charge in [0.05, 0.1) is 6.61 Å². The highest BCUT2D eigenvalue weighted by Crippen LogP contribution is 2.16. The maximum atomic E-state index is 13.3. The minimum atomic E-state index is -0.208. The average Bonchev–Trinajstić information content (AvgIpc) is 2.20. The van der Waals surface area contributed by atoms with Crippen molar-refractivity contribution in [2.45, 2.75) is 32.8 Å². The fourth-order valence-electron chi connectivity index (χ4n) is 1.27. The lowest BCUT2D eigenvalue weighted by molar-refractivity contribution is 0.115. The van der Waals surface area contributed by atoms with Gasteiger partial charge in [0.2, 0.25) is 0 Å². The molecule has 0 aromatic heterocycles. The van der Waals surface area contributed by atoms with Gasteiger partial charge >= 0.3 is 0 Å². The average molecular weight is 275 g/mol. The molecule has 0 spiro atoms. The molecule has 84 valence electrons. The Morgan fingerprint density at radius 2 is 2.13 bits per heavy atom. The Morgan fingerprint density at radius 3 is 2.80 bits per heavy atom. The summed E-state index contributed by atoms with van der Waals surface area (Å²) in [5.74, 6) is -0.208. The molecule has 0 saturated heterocycles. The first-order chi connectivity index (χ1) is 7.24. The molecule has 0 aliphatic rings. The first-order valence-electron chi connectivity index (χ1n) is 5.25. The highest BCUT2D eigenvalue weighted by molar-refractivity contribution is 9.10. The largest absolute Gasteiger partial charge is 0.377 e. The Balaban J connectivity index is 2.31. The van der Waals surface area contributed by atoms with Crippen LogP contribution in [0.4, 0.5) is 4.39 Å². The normalized spacial score (nSPS) is 10.6. The molecule has 1 aromatic rings. The number of ether oxygens (including phenoxy) is 1. The molecule has 0 aliphatic carbocycles. The molecule has 0 atom stereocenters. The Labute approximate surface area is 98.8 Å². The van der Waals surface area contributed by atoms with Crippen LogP contribution in [-0.2, 0) is 11.3 Å². The molecule has 0 radical (unpaired) electrons. The fraction of sp³-hybridized carbons (Fsp3) is 0.500. The summed E-state index contributed by atoms with van der Waals surface area (Å²) < 4.78 is 19.5. The Kier molecular flexibility index (Phi) is 5.88. The van der Waals surface area contributed by atoms with E-state index in [1.54, 1.807) is 6.07 Å². The second kappa shape index (κ2) is 6.96. The Morgan fingerprint density at radius 1 is 1.33 bits per heavy atom. The van der Waals surface area contributed by atoms with Crippen LogP contribution in [-0.4, -0.2) is 6.61 Å². The van der Waals surface area contributed by atoms with Crippen molar-refractivity contribution in [3.8, 4) is 0 Å². The summed E-state index contributed by atoms with van der Waals surface area (Å²) in [6.45, 7) is 3.22. The second-order valence-corrected chi connectivity index (χ2v) is 4.41. The third kappa shape index (κ3) is 4.76. The van der Waals surface area contributed by atoms with Gasteiger partial charge in [-0.3, -0.25) is 0 Å². The number of rotatable bonds is 6.